The summed E-state index contributed by atoms with van der Waals surface area (Å²) in [6.45, 7) is 6.83. The Morgan fingerprint density at radius 2 is 2.00 bits per heavy atom. The first-order chi connectivity index (χ1) is 9.77. The monoisotopic (exact) mass is 276 g/mol. The lowest BCUT2D eigenvalue weighted by Gasteiger charge is -2.42. The number of nitrogens with zero attached hydrogens (tertiary/aromatic N) is 1. The maximum Gasteiger partial charge on any atom is 0.117 e. The molecule has 2 aliphatic rings. The number of furan rings is 1. The highest BCUT2D eigenvalue weighted by Crippen LogP contribution is 2.46. The summed E-state index contributed by atoms with van der Waals surface area (Å²) in [7, 11) is 0. The minimum atomic E-state index is 0.628. The molecule has 20 heavy (non-hydrogen) atoms. The number of rotatable bonds is 5. The van der Waals surface area contributed by atoms with Gasteiger partial charge < -0.3 is 9.73 Å². The molecule has 3 rings (SSSR count). The second-order valence-electron chi connectivity index (χ2n) is 6.80. The van der Waals surface area contributed by atoms with Crippen molar-refractivity contribution in [2.45, 2.75) is 58.0 Å². The number of nitrogens with one attached hydrogen (secondary N) is 1. The molecule has 2 fully saturated rings. The van der Waals surface area contributed by atoms with Crippen molar-refractivity contribution in [3.05, 3.63) is 24.2 Å². The van der Waals surface area contributed by atoms with Crippen molar-refractivity contribution < 1.29 is 4.42 Å². The van der Waals surface area contributed by atoms with Gasteiger partial charge >= 0.3 is 0 Å². The molecule has 1 N–H and O–H groups in total. The van der Waals surface area contributed by atoms with E-state index in [1.807, 2.05) is 12.1 Å². The van der Waals surface area contributed by atoms with Crippen LogP contribution in [-0.4, -0.2) is 30.6 Å². The van der Waals surface area contributed by atoms with Gasteiger partial charge in [0.25, 0.3) is 0 Å². The first-order valence-electron chi connectivity index (χ1n) is 8.25. The zero-order valence-corrected chi connectivity index (χ0v) is 12.7. The molecule has 3 nitrogen and oxygen atoms in total. The first-order valence-corrected chi connectivity index (χ1v) is 8.25. The average molecular weight is 276 g/mol. The van der Waals surface area contributed by atoms with Crippen molar-refractivity contribution in [2.75, 3.05) is 19.6 Å². The Balaban J connectivity index is 1.39. The molecule has 3 heteroatoms. The molecule has 1 aromatic heterocycles. The summed E-state index contributed by atoms with van der Waals surface area (Å²) >= 11 is 0. The zero-order chi connectivity index (χ0) is 13.8. The van der Waals surface area contributed by atoms with Crippen molar-refractivity contribution in [3.8, 4) is 0 Å². The van der Waals surface area contributed by atoms with Crippen LogP contribution in [-0.2, 0) is 6.54 Å². The van der Waals surface area contributed by atoms with Crippen LogP contribution in [0.25, 0.3) is 0 Å². The minimum Gasteiger partial charge on any atom is -0.468 e. The molecule has 1 unspecified atom stereocenters. The van der Waals surface area contributed by atoms with Crippen LogP contribution in [0.1, 0.15) is 51.2 Å². The first kappa shape index (κ1) is 14.2. The SMILES string of the molecule is CC(CNCc1ccco1)N1CCC2(CCCC2)CC1. The summed E-state index contributed by atoms with van der Waals surface area (Å²) in [5, 5.41) is 3.51. The zero-order valence-electron chi connectivity index (χ0n) is 12.7. The molecule has 1 aliphatic carbocycles. The topological polar surface area (TPSA) is 28.4 Å². The molecular formula is C17H28N2O. The normalized spacial score (nSPS) is 24.2. The van der Waals surface area contributed by atoms with Crippen molar-refractivity contribution in [2.24, 2.45) is 5.41 Å². The summed E-state index contributed by atoms with van der Waals surface area (Å²) < 4.78 is 5.35. The Kier molecular flexibility index (Phi) is 4.47. The van der Waals surface area contributed by atoms with Crippen LogP contribution in [0, 0.1) is 5.41 Å². The highest BCUT2D eigenvalue weighted by molar-refractivity contribution is 4.97. The van der Waals surface area contributed by atoms with E-state index in [1.165, 1.54) is 51.6 Å². The number of piperidine rings is 1. The fourth-order valence-corrected chi connectivity index (χ4v) is 4.01. The number of hydrogen-bond donors (Lipinski definition) is 1. The molecule has 0 radical (unpaired) electrons. The van der Waals surface area contributed by atoms with E-state index in [0.29, 0.717) is 6.04 Å². The van der Waals surface area contributed by atoms with Gasteiger partial charge in [0.15, 0.2) is 0 Å². The van der Waals surface area contributed by atoms with Crippen LogP contribution in [0.15, 0.2) is 22.8 Å². The van der Waals surface area contributed by atoms with E-state index in [-0.39, 0.29) is 0 Å². The van der Waals surface area contributed by atoms with Crippen LogP contribution < -0.4 is 5.32 Å². The Bertz CT molecular complexity index is 385. The molecule has 2 heterocycles. The van der Waals surface area contributed by atoms with Gasteiger partial charge in [-0.15, -0.1) is 0 Å². The van der Waals surface area contributed by atoms with Gasteiger partial charge in [-0.25, -0.2) is 0 Å². The highest BCUT2D eigenvalue weighted by Gasteiger charge is 2.37. The van der Waals surface area contributed by atoms with Gasteiger partial charge in [-0.1, -0.05) is 12.8 Å². The molecule has 1 spiro atoms. The standard InChI is InChI=1S/C17H28N2O/c1-15(13-18-14-16-5-4-12-20-16)19-10-8-17(9-11-19)6-2-3-7-17/h4-5,12,15,18H,2-3,6-11,13-14H2,1H3. The van der Waals surface area contributed by atoms with E-state index < -0.39 is 0 Å². The second-order valence-corrected chi connectivity index (χ2v) is 6.80. The smallest absolute Gasteiger partial charge is 0.117 e. The van der Waals surface area contributed by atoms with E-state index in [2.05, 4.69) is 17.1 Å². The molecule has 1 aromatic rings. The Morgan fingerprint density at radius 3 is 2.65 bits per heavy atom. The molecule has 0 amide bonds. The Hall–Kier alpha value is -0.800. The lowest BCUT2D eigenvalue weighted by atomic mass is 9.77. The van der Waals surface area contributed by atoms with Crippen molar-refractivity contribution in [1.29, 1.82) is 0 Å². The molecule has 112 valence electrons. The predicted octanol–water partition coefficient (Wildman–Crippen LogP) is 3.41. The van der Waals surface area contributed by atoms with Crippen LogP contribution in [0.4, 0.5) is 0 Å². The highest BCUT2D eigenvalue weighted by atomic mass is 16.3. The third-order valence-corrected chi connectivity index (χ3v) is 5.47. The van der Waals surface area contributed by atoms with Crippen LogP contribution in [0.5, 0.6) is 0 Å². The minimum absolute atomic E-state index is 0.628. The third kappa shape index (κ3) is 3.26. The summed E-state index contributed by atoms with van der Waals surface area (Å²) in [5.41, 5.74) is 0.734. The molecule has 0 aromatic carbocycles. The molecule has 1 atom stereocenters. The fourth-order valence-electron chi connectivity index (χ4n) is 4.01. The van der Waals surface area contributed by atoms with Gasteiger partial charge in [0.2, 0.25) is 0 Å². The average Bonchev–Trinajstić information content (AvgIpc) is 3.12. The van der Waals surface area contributed by atoms with E-state index in [0.717, 1.165) is 24.3 Å². The predicted molar refractivity (Wildman–Crippen MR) is 81.6 cm³/mol. The molecular weight excluding hydrogens is 248 g/mol. The summed E-state index contributed by atoms with van der Waals surface area (Å²) in [4.78, 5) is 2.67. The quantitative estimate of drug-likeness (QED) is 0.893. The van der Waals surface area contributed by atoms with Gasteiger partial charge in [0.05, 0.1) is 12.8 Å². The fraction of sp³-hybridized carbons (Fsp3) is 0.765. The van der Waals surface area contributed by atoms with E-state index >= 15 is 0 Å². The Morgan fingerprint density at radius 1 is 1.25 bits per heavy atom. The van der Waals surface area contributed by atoms with Crippen LogP contribution in [0.3, 0.4) is 0 Å². The number of hydrogen-bond acceptors (Lipinski definition) is 3. The van der Waals surface area contributed by atoms with Gasteiger partial charge in [0, 0.05) is 12.6 Å². The second kappa shape index (κ2) is 6.31. The number of likely N-dealkylation sites (tertiary alicyclic amines) is 1. The van der Waals surface area contributed by atoms with Crippen molar-refractivity contribution in [1.82, 2.24) is 10.2 Å². The van der Waals surface area contributed by atoms with E-state index in [4.69, 9.17) is 4.42 Å². The van der Waals surface area contributed by atoms with Gasteiger partial charge in [0.1, 0.15) is 5.76 Å². The molecule has 0 bridgehead atoms. The van der Waals surface area contributed by atoms with Crippen LogP contribution in [0.2, 0.25) is 0 Å². The van der Waals surface area contributed by atoms with E-state index in [9.17, 15) is 0 Å². The molecule has 1 aliphatic heterocycles. The largest absolute Gasteiger partial charge is 0.468 e. The van der Waals surface area contributed by atoms with Gasteiger partial charge in [-0.2, -0.15) is 0 Å². The van der Waals surface area contributed by atoms with Crippen LogP contribution >= 0.6 is 0 Å². The Labute approximate surface area is 122 Å². The lowest BCUT2D eigenvalue weighted by molar-refractivity contribution is 0.0809. The van der Waals surface area contributed by atoms with Gasteiger partial charge in [-0.3, -0.25) is 4.90 Å². The van der Waals surface area contributed by atoms with Gasteiger partial charge in [-0.05, 0) is 63.2 Å². The van der Waals surface area contributed by atoms with Crippen molar-refractivity contribution >= 4 is 0 Å². The summed E-state index contributed by atoms with van der Waals surface area (Å²) in [6.07, 6.45) is 10.5. The van der Waals surface area contributed by atoms with Crippen molar-refractivity contribution in [3.63, 3.8) is 0 Å². The summed E-state index contributed by atoms with van der Waals surface area (Å²) in [5.74, 6) is 1.03. The molecule has 1 saturated heterocycles. The lowest BCUT2D eigenvalue weighted by Crippen LogP contribution is -2.46. The van der Waals surface area contributed by atoms with E-state index in [1.54, 1.807) is 6.26 Å². The third-order valence-electron chi connectivity index (χ3n) is 5.47. The molecule has 1 saturated carbocycles. The maximum absolute atomic E-state index is 5.35. The summed E-state index contributed by atoms with van der Waals surface area (Å²) in [6, 6.07) is 4.61. The maximum atomic E-state index is 5.35.